The fraction of sp³-hybridized carbons (Fsp3) is 0.600. The average molecular weight is 272 g/mol. The van der Waals surface area contributed by atoms with Gasteiger partial charge in [-0.1, -0.05) is 28.1 Å². The monoisotopic (exact) mass is 271 g/mol. The molecule has 15 heavy (non-hydrogen) atoms. The topological polar surface area (TPSA) is 46.6 Å². The number of halogens is 1. The SMILES string of the molecule is CCN1C(=O)C2C3C=CC(O3)C2(Br)C1=O. The average Bonchev–Trinajstić information content (AvgIpc) is 2.81. The summed E-state index contributed by atoms with van der Waals surface area (Å²) in [5.41, 5.74) is 0. The van der Waals surface area contributed by atoms with Crippen molar-refractivity contribution >= 4 is 27.7 Å². The second-order valence-electron chi connectivity index (χ2n) is 4.04. The molecular formula is C10H10BrNO3. The largest absolute Gasteiger partial charge is 0.364 e. The van der Waals surface area contributed by atoms with Gasteiger partial charge in [-0.2, -0.15) is 0 Å². The number of imide groups is 1. The van der Waals surface area contributed by atoms with Crippen LogP contribution in [0, 0.1) is 5.92 Å². The first-order valence-electron chi connectivity index (χ1n) is 4.99. The highest BCUT2D eigenvalue weighted by molar-refractivity contribution is 9.10. The van der Waals surface area contributed by atoms with Gasteiger partial charge in [0.15, 0.2) is 0 Å². The Hall–Kier alpha value is -0.680. The van der Waals surface area contributed by atoms with Gasteiger partial charge in [0, 0.05) is 6.54 Å². The minimum Gasteiger partial charge on any atom is -0.364 e. The zero-order valence-electron chi connectivity index (χ0n) is 8.14. The predicted octanol–water partition coefficient (Wildman–Crippen LogP) is 0.462. The highest BCUT2D eigenvalue weighted by atomic mass is 79.9. The Kier molecular flexibility index (Phi) is 1.72. The van der Waals surface area contributed by atoms with Crippen LogP contribution in [0.2, 0.25) is 0 Å². The molecule has 0 saturated carbocycles. The van der Waals surface area contributed by atoms with Gasteiger partial charge in [-0.05, 0) is 6.92 Å². The van der Waals surface area contributed by atoms with E-state index in [1.54, 1.807) is 0 Å². The van der Waals surface area contributed by atoms with Gasteiger partial charge in [0.25, 0.3) is 0 Å². The van der Waals surface area contributed by atoms with E-state index in [2.05, 4.69) is 15.9 Å². The molecule has 2 fully saturated rings. The Bertz CT molecular complexity index is 394. The number of carbonyl (C=O) groups excluding carboxylic acids is 2. The van der Waals surface area contributed by atoms with E-state index >= 15 is 0 Å². The van der Waals surface area contributed by atoms with E-state index in [0.29, 0.717) is 6.54 Å². The minimum absolute atomic E-state index is 0.115. The lowest BCUT2D eigenvalue weighted by Gasteiger charge is -2.23. The molecule has 2 saturated heterocycles. The van der Waals surface area contributed by atoms with Crippen molar-refractivity contribution in [2.75, 3.05) is 6.54 Å². The highest BCUT2D eigenvalue weighted by Gasteiger charge is 2.69. The maximum atomic E-state index is 12.1. The molecule has 4 atom stereocenters. The number of carbonyl (C=O) groups is 2. The summed E-state index contributed by atoms with van der Waals surface area (Å²) in [6.45, 7) is 2.24. The maximum Gasteiger partial charge on any atom is 0.250 e. The highest BCUT2D eigenvalue weighted by Crippen LogP contribution is 2.53. The van der Waals surface area contributed by atoms with Crippen molar-refractivity contribution < 1.29 is 14.3 Å². The minimum atomic E-state index is -0.834. The molecule has 3 heterocycles. The second-order valence-corrected chi connectivity index (χ2v) is 5.35. The van der Waals surface area contributed by atoms with Crippen LogP contribution in [0.25, 0.3) is 0 Å². The molecular weight excluding hydrogens is 262 g/mol. The van der Waals surface area contributed by atoms with Gasteiger partial charge in [0.05, 0.1) is 12.0 Å². The van der Waals surface area contributed by atoms with E-state index in [1.807, 2.05) is 19.1 Å². The van der Waals surface area contributed by atoms with E-state index in [9.17, 15) is 9.59 Å². The predicted molar refractivity (Wildman–Crippen MR) is 55.3 cm³/mol. The molecule has 4 nitrogen and oxygen atoms in total. The fourth-order valence-electron chi connectivity index (χ4n) is 2.66. The number of likely N-dealkylation sites (tertiary alicyclic amines) is 1. The molecule has 80 valence electrons. The van der Waals surface area contributed by atoms with Crippen LogP contribution >= 0.6 is 15.9 Å². The third-order valence-corrected chi connectivity index (χ3v) is 4.68. The molecule has 0 spiro atoms. The molecule has 0 aromatic rings. The summed E-state index contributed by atoms with van der Waals surface area (Å²) in [6.07, 6.45) is 3.21. The van der Waals surface area contributed by atoms with E-state index < -0.39 is 4.32 Å². The van der Waals surface area contributed by atoms with Crippen LogP contribution in [0.3, 0.4) is 0 Å². The van der Waals surface area contributed by atoms with E-state index in [1.165, 1.54) is 4.90 Å². The number of amides is 2. The van der Waals surface area contributed by atoms with E-state index in [4.69, 9.17) is 4.74 Å². The molecule has 3 aliphatic heterocycles. The molecule has 0 aromatic carbocycles. The van der Waals surface area contributed by atoms with Crippen LogP contribution in [0.1, 0.15) is 6.92 Å². The number of hydrogen-bond donors (Lipinski definition) is 0. The van der Waals surface area contributed by atoms with Crippen molar-refractivity contribution in [2.24, 2.45) is 5.92 Å². The van der Waals surface area contributed by atoms with Crippen LogP contribution in [-0.2, 0) is 14.3 Å². The van der Waals surface area contributed by atoms with Crippen molar-refractivity contribution in [3.63, 3.8) is 0 Å². The lowest BCUT2D eigenvalue weighted by molar-refractivity contribution is -0.141. The molecule has 5 heteroatoms. The van der Waals surface area contributed by atoms with Crippen LogP contribution < -0.4 is 0 Å². The first-order chi connectivity index (χ1) is 7.10. The fourth-order valence-corrected chi connectivity index (χ4v) is 3.60. The summed E-state index contributed by atoms with van der Waals surface area (Å²) in [5.74, 6) is -0.645. The zero-order chi connectivity index (χ0) is 10.8. The standard InChI is InChI=1S/C10H10BrNO3/c1-2-12-8(13)7-5-3-4-6(15-5)10(7,11)9(12)14/h3-7H,2H2,1H3. The van der Waals surface area contributed by atoms with Crippen LogP contribution in [-0.4, -0.2) is 39.8 Å². The number of hydrogen-bond acceptors (Lipinski definition) is 3. The molecule has 2 bridgehead atoms. The van der Waals surface area contributed by atoms with Gasteiger partial charge < -0.3 is 4.74 Å². The normalized spacial score (nSPS) is 46.8. The Labute approximate surface area is 95.4 Å². The Morgan fingerprint density at radius 1 is 1.53 bits per heavy atom. The third kappa shape index (κ3) is 0.869. The van der Waals surface area contributed by atoms with Gasteiger partial charge in [0.2, 0.25) is 11.8 Å². The third-order valence-electron chi connectivity index (χ3n) is 3.40. The molecule has 0 aliphatic carbocycles. The van der Waals surface area contributed by atoms with Crippen LogP contribution in [0.5, 0.6) is 0 Å². The lowest BCUT2D eigenvalue weighted by Crippen LogP contribution is -2.44. The summed E-state index contributed by atoms with van der Waals surface area (Å²) in [5, 5.41) is 0. The van der Waals surface area contributed by atoms with Gasteiger partial charge in [0.1, 0.15) is 10.4 Å². The Balaban J connectivity index is 2.11. The number of nitrogens with zero attached hydrogens (tertiary/aromatic N) is 1. The van der Waals surface area contributed by atoms with Crippen molar-refractivity contribution in [1.82, 2.24) is 4.90 Å². The first kappa shape index (κ1) is 9.54. The van der Waals surface area contributed by atoms with Crippen LogP contribution in [0.15, 0.2) is 12.2 Å². The van der Waals surface area contributed by atoms with E-state index in [0.717, 1.165) is 0 Å². The molecule has 0 aromatic heterocycles. The number of ether oxygens (including phenoxy) is 1. The summed E-state index contributed by atoms with van der Waals surface area (Å²) in [4.78, 5) is 25.4. The number of rotatable bonds is 1. The maximum absolute atomic E-state index is 12.1. The molecule has 3 rings (SSSR count). The molecule has 4 unspecified atom stereocenters. The van der Waals surface area contributed by atoms with Crippen molar-refractivity contribution in [1.29, 1.82) is 0 Å². The molecule has 3 aliphatic rings. The summed E-state index contributed by atoms with van der Waals surface area (Å²) in [7, 11) is 0. The summed E-state index contributed by atoms with van der Waals surface area (Å²) >= 11 is 3.43. The Morgan fingerprint density at radius 3 is 2.87 bits per heavy atom. The first-order valence-corrected chi connectivity index (χ1v) is 5.78. The number of fused-ring (bicyclic) bond motifs is 5. The van der Waals surface area contributed by atoms with Crippen molar-refractivity contribution in [2.45, 2.75) is 23.5 Å². The lowest BCUT2D eigenvalue weighted by atomic mass is 9.85. The van der Waals surface area contributed by atoms with Gasteiger partial charge in [-0.15, -0.1) is 0 Å². The van der Waals surface area contributed by atoms with Crippen molar-refractivity contribution in [3.05, 3.63) is 12.2 Å². The smallest absolute Gasteiger partial charge is 0.250 e. The van der Waals surface area contributed by atoms with Gasteiger partial charge in [-0.25, -0.2) is 0 Å². The van der Waals surface area contributed by atoms with E-state index in [-0.39, 0.29) is 29.9 Å². The Morgan fingerprint density at radius 2 is 2.27 bits per heavy atom. The van der Waals surface area contributed by atoms with Gasteiger partial charge >= 0.3 is 0 Å². The quantitative estimate of drug-likeness (QED) is 0.396. The van der Waals surface area contributed by atoms with Gasteiger partial charge in [-0.3, -0.25) is 14.5 Å². The molecule has 0 N–H and O–H groups in total. The summed E-state index contributed by atoms with van der Waals surface area (Å²) < 4.78 is 4.72. The van der Waals surface area contributed by atoms with Crippen molar-refractivity contribution in [3.8, 4) is 0 Å². The zero-order valence-corrected chi connectivity index (χ0v) is 9.73. The second kappa shape index (κ2) is 2.71. The number of alkyl halides is 1. The molecule has 2 amide bonds. The van der Waals surface area contributed by atoms with Crippen LogP contribution in [0.4, 0.5) is 0 Å². The summed E-state index contributed by atoms with van der Waals surface area (Å²) in [6, 6.07) is 0. The molecule has 0 radical (unpaired) electrons.